The molecule has 21 heavy (non-hydrogen) atoms. The second-order valence-corrected chi connectivity index (χ2v) is 8.45. The first-order valence-corrected chi connectivity index (χ1v) is 9.15. The van der Waals surface area contributed by atoms with Crippen LogP contribution in [-0.2, 0) is 6.42 Å². The Morgan fingerprint density at radius 1 is 1.38 bits per heavy atom. The van der Waals surface area contributed by atoms with Crippen LogP contribution >= 0.6 is 35.7 Å². The Kier molecular flexibility index (Phi) is 3.88. The molecule has 0 bridgehead atoms. The number of fused-ring (bicyclic) bond motifs is 1. The Morgan fingerprint density at radius 2 is 2.14 bits per heavy atom. The van der Waals surface area contributed by atoms with Crippen LogP contribution in [-0.4, -0.2) is 22.0 Å². The van der Waals surface area contributed by atoms with E-state index in [0.717, 1.165) is 32.3 Å². The normalized spacial score (nSPS) is 16.9. The van der Waals surface area contributed by atoms with Crippen molar-refractivity contribution in [2.45, 2.75) is 36.1 Å². The van der Waals surface area contributed by atoms with Gasteiger partial charge in [0.2, 0.25) is 0 Å². The maximum Gasteiger partial charge on any atom is 0.184 e. The van der Waals surface area contributed by atoms with Gasteiger partial charge in [-0.3, -0.25) is 4.79 Å². The van der Waals surface area contributed by atoms with Crippen molar-refractivity contribution in [1.82, 2.24) is 9.97 Å². The first kappa shape index (κ1) is 15.1. The number of ketones is 1. The minimum Gasteiger partial charge on any atom is -0.294 e. The third-order valence-corrected chi connectivity index (χ3v) is 6.20. The number of thioether (sulfide) groups is 1. The highest BCUT2D eigenvalue weighted by molar-refractivity contribution is 8.00. The molecule has 3 nitrogen and oxygen atoms in total. The lowest BCUT2D eigenvalue weighted by molar-refractivity contribution is 0.0910. The van der Waals surface area contributed by atoms with E-state index in [9.17, 15) is 4.79 Å². The summed E-state index contributed by atoms with van der Waals surface area (Å²) >= 11 is 7.52. The summed E-state index contributed by atoms with van der Waals surface area (Å²) in [5, 5.41) is 0.460. The molecule has 0 radical (unpaired) electrons. The van der Waals surface area contributed by atoms with Crippen LogP contribution in [0.15, 0.2) is 21.6 Å². The minimum absolute atomic E-state index is 0.00636. The van der Waals surface area contributed by atoms with Crippen LogP contribution in [0.5, 0.6) is 0 Å². The van der Waals surface area contributed by atoms with Crippen molar-refractivity contribution in [2.75, 3.05) is 6.26 Å². The Morgan fingerprint density at radius 3 is 2.81 bits per heavy atom. The summed E-state index contributed by atoms with van der Waals surface area (Å²) in [5.74, 6) is 0.258. The van der Waals surface area contributed by atoms with Crippen molar-refractivity contribution >= 4 is 41.5 Å². The summed E-state index contributed by atoms with van der Waals surface area (Å²) in [6.07, 6.45) is 5.26. The Bertz CT molecular complexity index is 722. The van der Waals surface area contributed by atoms with Crippen LogP contribution in [0.25, 0.3) is 10.6 Å². The molecule has 2 heterocycles. The summed E-state index contributed by atoms with van der Waals surface area (Å²) in [6.45, 7) is 4.30. The maximum atomic E-state index is 12.5. The van der Waals surface area contributed by atoms with Crippen LogP contribution in [0.1, 0.15) is 36.2 Å². The summed E-state index contributed by atoms with van der Waals surface area (Å²) in [7, 11) is 0. The maximum absolute atomic E-state index is 12.5. The average Bonchev–Trinajstić information content (AvgIpc) is 2.76. The van der Waals surface area contributed by atoms with Gasteiger partial charge in [-0.1, -0.05) is 13.8 Å². The molecule has 0 aliphatic heterocycles. The number of nitrogens with zero attached hydrogens (tertiary/aromatic N) is 2. The fraction of sp³-hybridized carbons (Fsp3) is 0.400. The Hall–Kier alpha value is -0.850. The molecule has 0 aromatic carbocycles. The van der Waals surface area contributed by atoms with Gasteiger partial charge in [-0.15, -0.1) is 35.7 Å². The zero-order chi connectivity index (χ0) is 15.2. The van der Waals surface area contributed by atoms with Crippen LogP contribution in [0.3, 0.4) is 0 Å². The summed E-state index contributed by atoms with van der Waals surface area (Å²) in [6, 6.07) is 1.89. The standard InChI is InChI=1S/C15H16N2OS3/c1-15(2)6-8-11(10(18)7-15)13(20-3)21-12(8)9-4-5-16-14(19)17-9/h4-5H,6-7H2,1-3H3,(H,16,17,19). The van der Waals surface area contributed by atoms with Crippen molar-refractivity contribution in [3.05, 3.63) is 23.4 Å². The van der Waals surface area contributed by atoms with E-state index in [1.807, 2.05) is 12.3 Å². The van der Waals surface area contributed by atoms with Crippen LogP contribution in [0, 0.1) is 5.41 Å². The third-order valence-electron chi connectivity index (χ3n) is 3.61. The van der Waals surface area contributed by atoms with E-state index in [2.05, 4.69) is 36.4 Å². The molecule has 0 amide bonds. The number of thiol groups is 1. The molecule has 1 aliphatic carbocycles. The highest BCUT2D eigenvalue weighted by Gasteiger charge is 2.36. The lowest BCUT2D eigenvalue weighted by Gasteiger charge is -2.29. The van der Waals surface area contributed by atoms with Crippen LogP contribution in [0.4, 0.5) is 0 Å². The lowest BCUT2D eigenvalue weighted by Crippen LogP contribution is -2.26. The van der Waals surface area contributed by atoms with E-state index in [4.69, 9.17) is 0 Å². The van der Waals surface area contributed by atoms with Crippen molar-refractivity contribution in [3.8, 4) is 10.6 Å². The monoisotopic (exact) mass is 336 g/mol. The number of Topliss-reactive ketones (excluding diaryl/α,β-unsaturated/α-hetero) is 1. The molecule has 0 spiro atoms. The third kappa shape index (κ3) is 2.76. The van der Waals surface area contributed by atoms with Crippen molar-refractivity contribution in [1.29, 1.82) is 0 Å². The van der Waals surface area contributed by atoms with Crippen LogP contribution in [0.2, 0.25) is 0 Å². The van der Waals surface area contributed by atoms with Gasteiger partial charge >= 0.3 is 0 Å². The molecule has 2 aromatic rings. The highest BCUT2D eigenvalue weighted by atomic mass is 32.2. The molecule has 0 fully saturated rings. The van der Waals surface area contributed by atoms with E-state index in [0.29, 0.717) is 11.6 Å². The SMILES string of the molecule is CSc1sc(-c2ccnc(S)n2)c2c1C(=O)CC(C)(C)C2. The van der Waals surface area contributed by atoms with E-state index >= 15 is 0 Å². The molecule has 0 atom stereocenters. The summed E-state index contributed by atoms with van der Waals surface area (Å²) in [4.78, 5) is 22.1. The zero-order valence-corrected chi connectivity index (χ0v) is 14.7. The van der Waals surface area contributed by atoms with Gasteiger partial charge in [-0.2, -0.15) is 0 Å². The Balaban J connectivity index is 2.22. The second-order valence-electron chi connectivity index (χ2n) is 5.96. The van der Waals surface area contributed by atoms with E-state index in [-0.39, 0.29) is 11.2 Å². The number of rotatable bonds is 2. The molecular weight excluding hydrogens is 320 g/mol. The molecule has 110 valence electrons. The number of thiophene rings is 1. The van der Waals surface area contributed by atoms with Gasteiger partial charge < -0.3 is 0 Å². The molecule has 1 aliphatic rings. The first-order valence-electron chi connectivity index (χ1n) is 6.66. The van der Waals surface area contributed by atoms with Crippen LogP contribution < -0.4 is 0 Å². The predicted molar refractivity (Wildman–Crippen MR) is 90.8 cm³/mol. The fourth-order valence-electron chi connectivity index (χ4n) is 2.78. The van der Waals surface area contributed by atoms with Gasteiger partial charge in [-0.05, 0) is 29.7 Å². The predicted octanol–water partition coefficient (Wildman–Crippen LogP) is 4.37. The number of aromatic nitrogens is 2. The molecule has 0 saturated carbocycles. The first-order chi connectivity index (χ1) is 9.91. The van der Waals surface area contributed by atoms with Gasteiger partial charge in [0.15, 0.2) is 10.9 Å². The fourth-order valence-corrected chi connectivity index (χ4v) is 5.02. The van der Waals surface area contributed by atoms with Crippen molar-refractivity contribution in [3.63, 3.8) is 0 Å². The Labute approximate surface area is 138 Å². The highest BCUT2D eigenvalue weighted by Crippen LogP contribution is 2.47. The zero-order valence-electron chi connectivity index (χ0n) is 12.1. The van der Waals surface area contributed by atoms with Gasteiger partial charge in [0.05, 0.1) is 14.8 Å². The van der Waals surface area contributed by atoms with E-state index in [1.165, 1.54) is 0 Å². The quantitative estimate of drug-likeness (QED) is 0.502. The molecule has 2 aromatic heterocycles. The number of carbonyl (C=O) groups excluding carboxylic acids is 1. The number of carbonyl (C=O) groups is 1. The molecule has 3 rings (SSSR count). The molecule has 6 heteroatoms. The van der Waals surface area contributed by atoms with Crippen molar-refractivity contribution in [2.24, 2.45) is 5.41 Å². The summed E-state index contributed by atoms with van der Waals surface area (Å²) < 4.78 is 1.10. The topological polar surface area (TPSA) is 42.9 Å². The average molecular weight is 337 g/mol. The van der Waals surface area contributed by atoms with Gasteiger partial charge in [-0.25, -0.2) is 9.97 Å². The minimum atomic E-state index is 0.00636. The van der Waals surface area contributed by atoms with Gasteiger partial charge in [0.1, 0.15) is 0 Å². The molecular formula is C15H16N2OS3. The van der Waals surface area contributed by atoms with Crippen molar-refractivity contribution < 1.29 is 4.79 Å². The number of hydrogen-bond acceptors (Lipinski definition) is 6. The molecule has 0 N–H and O–H groups in total. The van der Waals surface area contributed by atoms with E-state index < -0.39 is 0 Å². The van der Waals surface area contributed by atoms with Gasteiger partial charge in [0.25, 0.3) is 0 Å². The lowest BCUT2D eigenvalue weighted by atomic mass is 9.74. The largest absolute Gasteiger partial charge is 0.294 e. The summed E-state index contributed by atoms with van der Waals surface area (Å²) in [5.41, 5.74) is 2.94. The van der Waals surface area contributed by atoms with E-state index in [1.54, 1.807) is 29.3 Å². The number of hydrogen-bond donors (Lipinski definition) is 1. The second kappa shape index (κ2) is 5.41. The van der Waals surface area contributed by atoms with Gasteiger partial charge in [0, 0.05) is 18.2 Å². The smallest absolute Gasteiger partial charge is 0.184 e. The molecule has 0 unspecified atom stereocenters. The molecule has 0 saturated heterocycles.